The van der Waals surface area contributed by atoms with Crippen molar-refractivity contribution in [3.05, 3.63) is 45.1 Å². The van der Waals surface area contributed by atoms with Crippen molar-refractivity contribution in [2.75, 3.05) is 6.54 Å². The fourth-order valence-electron chi connectivity index (χ4n) is 4.53. The van der Waals surface area contributed by atoms with Crippen LogP contribution in [0.3, 0.4) is 0 Å². The molecule has 1 aromatic carbocycles. The zero-order chi connectivity index (χ0) is 24.5. The SMILES string of the molecule is CC(C)CCNC(=O)CCCCn1c(=O)c2ccccc2n(CC(=O)NC2CCCCC2)c1=O. The van der Waals surface area contributed by atoms with Crippen LogP contribution in [-0.4, -0.2) is 33.5 Å². The summed E-state index contributed by atoms with van der Waals surface area (Å²) in [5.74, 6) is 0.317. The average molecular weight is 471 g/mol. The first-order valence-corrected chi connectivity index (χ1v) is 12.6. The quantitative estimate of drug-likeness (QED) is 0.493. The van der Waals surface area contributed by atoms with E-state index < -0.39 is 5.69 Å². The van der Waals surface area contributed by atoms with E-state index in [1.807, 2.05) is 0 Å². The molecule has 1 heterocycles. The number of hydrogen-bond acceptors (Lipinski definition) is 4. The standard InChI is InChI=1S/C26H38N4O4/c1-19(2)15-16-27-23(31)14-8-9-17-29-25(33)21-12-6-7-13-22(21)30(26(29)34)18-24(32)28-20-10-4-3-5-11-20/h6-7,12-13,19-20H,3-5,8-11,14-18H2,1-2H3,(H,27,31)(H,28,32). The Morgan fingerprint density at radius 1 is 1.00 bits per heavy atom. The van der Waals surface area contributed by atoms with E-state index >= 15 is 0 Å². The molecule has 0 atom stereocenters. The molecule has 1 aliphatic rings. The highest BCUT2D eigenvalue weighted by molar-refractivity contribution is 5.81. The minimum atomic E-state index is -0.483. The molecular weight excluding hydrogens is 432 g/mol. The summed E-state index contributed by atoms with van der Waals surface area (Å²) in [4.78, 5) is 51.0. The minimum Gasteiger partial charge on any atom is -0.356 e. The number of amides is 2. The van der Waals surface area contributed by atoms with E-state index in [9.17, 15) is 19.2 Å². The van der Waals surface area contributed by atoms with Gasteiger partial charge < -0.3 is 10.6 Å². The number of para-hydroxylation sites is 1. The smallest absolute Gasteiger partial charge is 0.331 e. The van der Waals surface area contributed by atoms with E-state index in [0.29, 0.717) is 42.6 Å². The molecular formula is C26H38N4O4. The van der Waals surface area contributed by atoms with Gasteiger partial charge in [0.25, 0.3) is 5.56 Å². The van der Waals surface area contributed by atoms with Crippen LogP contribution in [0.25, 0.3) is 10.9 Å². The van der Waals surface area contributed by atoms with E-state index in [-0.39, 0.29) is 36.5 Å². The maximum absolute atomic E-state index is 13.2. The maximum Gasteiger partial charge on any atom is 0.331 e. The van der Waals surface area contributed by atoms with Gasteiger partial charge in [0.05, 0.1) is 10.9 Å². The average Bonchev–Trinajstić information content (AvgIpc) is 2.81. The lowest BCUT2D eigenvalue weighted by molar-refractivity contribution is -0.123. The second-order valence-corrected chi connectivity index (χ2v) is 9.73. The summed E-state index contributed by atoms with van der Waals surface area (Å²) in [6.45, 7) is 4.98. The molecule has 2 aromatic rings. The van der Waals surface area contributed by atoms with Crippen LogP contribution in [0.2, 0.25) is 0 Å². The molecule has 0 radical (unpaired) electrons. The van der Waals surface area contributed by atoms with Gasteiger partial charge >= 0.3 is 5.69 Å². The molecule has 0 saturated heterocycles. The van der Waals surface area contributed by atoms with Crippen molar-refractivity contribution in [2.24, 2.45) is 5.92 Å². The summed E-state index contributed by atoms with van der Waals surface area (Å²) in [5, 5.41) is 6.37. The van der Waals surface area contributed by atoms with Gasteiger partial charge in [-0.15, -0.1) is 0 Å². The molecule has 34 heavy (non-hydrogen) atoms. The number of unbranched alkanes of at least 4 members (excludes halogenated alkanes) is 1. The summed E-state index contributed by atoms with van der Waals surface area (Å²) in [6.07, 6.45) is 7.74. The molecule has 2 amide bonds. The van der Waals surface area contributed by atoms with Crippen molar-refractivity contribution in [1.82, 2.24) is 19.8 Å². The molecule has 186 valence electrons. The van der Waals surface area contributed by atoms with Crippen LogP contribution in [0.1, 0.15) is 71.6 Å². The second-order valence-electron chi connectivity index (χ2n) is 9.73. The Kier molecular flexibility index (Phi) is 9.48. The molecule has 2 N–H and O–H groups in total. The topological polar surface area (TPSA) is 102 Å². The lowest BCUT2D eigenvalue weighted by Gasteiger charge is -2.23. The third-order valence-electron chi connectivity index (χ3n) is 6.48. The number of nitrogens with one attached hydrogen (secondary N) is 2. The van der Waals surface area contributed by atoms with Crippen molar-refractivity contribution in [3.63, 3.8) is 0 Å². The first-order chi connectivity index (χ1) is 16.4. The fourth-order valence-corrected chi connectivity index (χ4v) is 4.53. The third kappa shape index (κ3) is 7.05. The van der Waals surface area contributed by atoms with Gasteiger partial charge in [-0.05, 0) is 50.2 Å². The highest BCUT2D eigenvalue weighted by Gasteiger charge is 2.19. The van der Waals surface area contributed by atoms with E-state index in [4.69, 9.17) is 0 Å². The van der Waals surface area contributed by atoms with Crippen molar-refractivity contribution >= 4 is 22.7 Å². The van der Waals surface area contributed by atoms with Crippen LogP contribution in [0.4, 0.5) is 0 Å². The van der Waals surface area contributed by atoms with Gasteiger partial charge in [-0.2, -0.15) is 0 Å². The number of carbonyl (C=O) groups is 2. The Labute approximate surface area is 200 Å². The molecule has 3 rings (SSSR count). The fraction of sp³-hybridized carbons (Fsp3) is 0.615. The zero-order valence-electron chi connectivity index (χ0n) is 20.5. The van der Waals surface area contributed by atoms with E-state index in [1.54, 1.807) is 24.3 Å². The molecule has 0 aliphatic heterocycles. The van der Waals surface area contributed by atoms with Crippen LogP contribution in [-0.2, 0) is 22.7 Å². The number of rotatable bonds is 11. The van der Waals surface area contributed by atoms with E-state index in [2.05, 4.69) is 24.5 Å². The monoisotopic (exact) mass is 470 g/mol. The van der Waals surface area contributed by atoms with Crippen LogP contribution >= 0.6 is 0 Å². The number of nitrogens with zero attached hydrogens (tertiary/aromatic N) is 2. The predicted molar refractivity (Wildman–Crippen MR) is 134 cm³/mol. The number of aromatic nitrogens is 2. The number of fused-ring (bicyclic) bond motifs is 1. The van der Waals surface area contributed by atoms with Crippen molar-refractivity contribution in [1.29, 1.82) is 0 Å². The van der Waals surface area contributed by atoms with Gasteiger partial charge in [0.15, 0.2) is 0 Å². The van der Waals surface area contributed by atoms with Crippen molar-refractivity contribution < 1.29 is 9.59 Å². The summed E-state index contributed by atoms with van der Waals surface area (Å²) in [5.41, 5.74) is -0.369. The predicted octanol–water partition coefficient (Wildman–Crippen LogP) is 2.94. The van der Waals surface area contributed by atoms with Crippen LogP contribution in [0.15, 0.2) is 33.9 Å². The molecule has 0 spiro atoms. The lowest BCUT2D eigenvalue weighted by atomic mass is 9.95. The molecule has 1 aromatic heterocycles. The summed E-state index contributed by atoms with van der Waals surface area (Å²) >= 11 is 0. The number of carbonyl (C=O) groups excluding carboxylic acids is 2. The zero-order valence-corrected chi connectivity index (χ0v) is 20.5. The van der Waals surface area contributed by atoms with Gasteiger partial charge in [-0.1, -0.05) is 45.2 Å². The van der Waals surface area contributed by atoms with E-state index in [1.165, 1.54) is 15.6 Å². The Morgan fingerprint density at radius 3 is 2.47 bits per heavy atom. The second kappa shape index (κ2) is 12.5. The van der Waals surface area contributed by atoms with Crippen LogP contribution in [0, 0.1) is 5.92 Å². The van der Waals surface area contributed by atoms with Crippen LogP contribution < -0.4 is 21.9 Å². The van der Waals surface area contributed by atoms with Crippen molar-refractivity contribution in [3.8, 4) is 0 Å². The summed E-state index contributed by atoms with van der Waals surface area (Å²) in [7, 11) is 0. The summed E-state index contributed by atoms with van der Waals surface area (Å²) < 4.78 is 2.60. The molecule has 8 heteroatoms. The lowest BCUT2D eigenvalue weighted by Crippen LogP contribution is -2.44. The summed E-state index contributed by atoms with van der Waals surface area (Å²) in [6, 6.07) is 7.06. The maximum atomic E-state index is 13.2. The highest BCUT2D eigenvalue weighted by atomic mass is 16.2. The largest absolute Gasteiger partial charge is 0.356 e. The Bertz CT molecular complexity index is 1100. The molecule has 1 fully saturated rings. The van der Waals surface area contributed by atoms with Crippen LogP contribution in [0.5, 0.6) is 0 Å². The van der Waals surface area contributed by atoms with Gasteiger partial charge in [-0.25, -0.2) is 4.79 Å². The number of benzene rings is 1. The molecule has 1 saturated carbocycles. The molecule has 1 aliphatic carbocycles. The first-order valence-electron chi connectivity index (χ1n) is 12.6. The Hall–Kier alpha value is -2.90. The van der Waals surface area contributed by atoms with Gasteiger partial charge in [-0.3, -0.25) is 23.5 Å². The highest BCUT2D eigenvalue weighted by Crippen LogP contribution is 2.17. The molecule has 0 bridgehead atoms. The third-order valence-corrected chi connectivity index (χ3v) is 6.48. The van der Waals surface area contributed by atoms with E-state index in [0.717, 1.165) is 32.1 Å². The number of hydrogen-bond donors (Lipinski definition) is 2. The normalized spacial score (nSPS) is 14.4. The first kappa shape index (κ1) is 25.7. The minimum absolute atomic E-state index is 0.0108. The van der Waals surface area contributed by atoms with Gasteiger partial charge in [0.2, 0.25) is 11.8 Å². The van der Waals surface area contributed by atoms with Gasteiger partial charge in [0, 0.05) is 25.6 Å². The Morgan fingerprint density at radius 2 is 1.74 bits per heavy atom. The molecule has 8 nitrogen and oxygen atoms in total. The molecule has 0 unspecified atom stereocenters. The Balaban J connectivity index is 1.68. The van der Waals surface area contributed by atoms with Crippen molar-refractivity contribution in [2.45, 2.75) is 90.8 Å². The van der Waals surface area contributed by atoms with Gasteiger partial charge in [0.1, 0.15) is 6.54 Å².